The van der Waals surface area contributed by atoms with Crippen molar-refractivity contribution >= 4 is 5.91 Å². The number of carbonyl (C=O) groups is 1. The molecule has 5 nitrogen and oxygen atoms in total. The van der Waals surface area contributed by atoms with Crippen LogP contribution < -0.4 is 5.32 Å². The summed E-state index contributed by atoms with van der Waals surface area (Å²) in [4.78, 5) is 12.2. The van der Waals surface area contributed by atoms with E-state index < -0.39 is 6.10 Å². The Morgan fingerprint density at radius 2 is 1.96 bits per heavy atom. The lowest BCUT2D eigenvalue weighted by molar-refractivity contribution is -0.124. The molecule has 1 amide bonds. The molecule has 124 valence electrons. The molecule has 2 aromatic rings. The number of aromatic amines is 1. The normalized spacial score (nSPS) is 13.6. The number of H-pyrrole nitrogens is 1. The zero-order valence-electron chi connectivity index (χ0n) is 14.0. The first-order chi connectivity index (χ1) is 11.0. The Kier molecular flexibility index (Phi) is 5.93. The third-order valence-corrected chi connectivity index (χ3v) is 4.06. The average molecular weight is 315 g/mol. The van der Waals surface area contributed by atoms with E-state index in [2.05, 4.69) is 15.5 Å². The number of hydrogen-bond donors (Lipinski definition) is 3. The maximum Gasteiger partial charge on any atom is 0.223 e. The maximum atomic E-state index is 12.2. The summed E-state index contributed by atoms with van der Waals surface area (Å²) in [5.74, 6) is -0.203. The van der Waals surface area contributed by atoms with E-state index in [9.17, 15) is 9.90 Å². The van der Waals surface area contributed by atoms with Crippen molar-refractivity contribution in [1.29, 1.82) is 0 Å². The highest BCUT2D eigenvalue weighted by atomic mass is 16.3. The SMILES string of the molecule is Cc1n[nH]c(C)c1C[C@H](C)C(=O)NC[C@@H](O)Cc1ccccc1. The molecule has 1 heterocycles. The van der Waals surface area contributed by atoms with Gasteiger partial charge in [0.25, 0.3) is 0 Å². The molecule has 3 N–H and O–H groups in total. The minimum Gasteiger partial charge on any atom is -0.391 e. The van der Waals surface area contributed by atoms with Crippen LogP contribution in [-0.2, 0) is 17.6 Å². The van der Waals surface area contributed by atoms with Gasteiger partial charge in [0.05, 0.1) is 11.8 Å². The lowest BCUT2D eigenvalue weighted by atomic mass is 9.99. The van der Waals surface area contributed by atoms with Gasteiger partial charge in [-0.25, -0.2) is 0 Å². The van der Waals surface area contributed by atoms with Gasteiger partial charge < -0.3 is 10.4 Å². The van der Waals surface area contributed by atoms with Crippen molar-refractivity contribution in [3.8, 4) is 0 Å². The molecular weight excluding hydrogens is 290 g/mol. The number of amides is 1. The fraction of sp³-hybridized carbons (Fsp3) is 0.444. The maximum absolute atomic E-state index is 12.2. The van der Waals surface area contributed by atoms with Crippen LogP contribution in [0, 0.1) is 19.8 Å². The molecule has 5 heteroatoms. The predicted molar refractivity (Wildman–Crippen MR) is 90.1 cm³/mol. The zero-order valence-corrected chi connectivity index (χ0v) is 14.0. The molecule has 1 aromatic carbocycles. The standard InChI is InChI=1S/C18H25N3O2/c1-12(9-17-13(2)20-21-14(17)3)18(23)19-11-16(22)10-15-7-5-4-6-8-15/h4-8,12,16,22H,9-11H2,1-3H3,(H,19,23)(H,20,21)/t12-,16-/m0/s1. The molecule has 0 radical (unpaired) electrons. The first-order valence-corrected chi connectivity index (χ1v) is 7.97. The fourth-order valence-electron chi connectivity index (χ4n) is 2.62. The van der Waals surface area contributed by atoms with Crippen LogP contribution in [0.5, 0.6) is 0 Å². The van der Waals surface area contributed by atoms with Gasteiger partial charge in [0.2, 0.25) is 5.91 Å². The topological polar surface area (TPSA) is 78.0 Å². The number of nitrogens with one attached hydrogen (secondary N) is 2. The summed E-state index contributed by atoms with van der Waals surface area (Å²) in [6.45, 7) is 6.06. The number of benzene rings is 1. The highest BCUT2D eigenvalue weighted by molar-refractivity contribution is 5.78. The van der Waals surface area contributed by atoms with Crippen LogP contribution in [-0.4, -0.2) is 33.9 Å². The summed E-state index contributed by atoms with van der Waals surface area (Å²) in [6.07, 6.45) is 0.607. The van der Waals surface area contributed by atoms with E-state index in [-0.39, 0.29) is 18.4 Å². The summed E-state index contributed by atoms with van der Waals surface area (Å²) in [7, 11) is 0. The quantitative estimate of drug-likeness (QED) is 0.730. The van der Waals surface area contributed by atoms with E-state index in [1.54, 1.807) is 0 Å². The number of rotatable bonds is 7. The Morgan fingerprint density at radius 1 is 1.26 bits per heavy atom. The van der Waals surface area contributed by atoms with Gasteiger partial charge in [-0.3, -0.25) is 9.89 Å². The fourth-order valence-corrected chi connectivity index (χ4v) is 2.62. The second-order valence-corrected chi connectivity index (χ2v) is 6.11. The summed E-state index contributed by atoms with van der Waals surface area (Å²) in [6, 6.07) is 9.77. The molecule has 0 saturated carbocycles. The van der Waals surface area contributed by atoms with E-state index >= 15 is 0 Å². The predicted octanol–water partition coefficient (Wildman–Crippen LogP) is 1.92. The summed E-state index contributed by atoms with van der Waals surface area (Å²) >= 11 is 0. The summed E-state index contributed by atoms with van der Waals surface area (Å²) in [5, 5.41) is 20.0. The van der Waals surface area contributed by atoms with Crippen molar-refractivity contribution < 1.29 is 9.90 Å². The third-order valence-electron chi connectivity index (χ3n) is 4.06. The number of carbonyl (C=O) groups excluding carboxylic acids is 1. The van der Waals surface area contributed by atoms with Gasteiger partial charge in [-0.2, -0.15) is 5.10 Å². The average Bonchev–Trinajstić information content (AvgIpc) is 2.85. The number of hydrogen-bond acceptors (Lipinski definition) is 3. The van der Waals surface area contributed by atoms with Crippen LogP contribution in [0.2, 0.25) is 0 Å². The molecule has 0 saturated heterocycles. The van der Waals surface area contributed by atoms with E-state index in [1.165, 1.54) is 0 Å². The Balaban J connectivity index is 1.80. The van der Waals surface area contributed by atoms with Gasteiger partial charge in [-0.15, -0.1) is 0 Å². The van der Waals surface area contributed by atoms with E-state index in [0.29, 0.717) is 12.8 Å². The van der Waals surface area contributed by atoms with Crippen molar-refractivity contribution in [2.45, 2.75) is 39.7 Å². The van der Waals surface area contributed by atoms with Crippen LogP contribution in [0.15, 0.2) is 30.3 Å². The Labute approximate surface area is 137 Å². The monoisotopic (exact) mass is 315 g/mol. The van der Waals surface area contributed by atoms with Crippen molar-refractivity contribution in [3.63, 3.8) is 0 Å². The Morgan fingerprint density at radius 3 is 2.57 bits per heavy atom. The number of aromatic nitrogens is 2. The molecule has 0 aliphatic heterocycles. The molecule has 0 aliphatic carbocycles. The number of aryl methyl sites for hydroxylation is 2. The van der Waals surface area contributed by atoms with E-state index in [1.807, 2.05) is 51.1 Å². The van der Waals surface area contributed by atoms with Crippen molar-refractivity contribution in [2.75, 3.05) is 6.54 Å². The van der Waals surface area contributed by atoms with Crippen LogP contribution >= 0.6 is 0 Å². The second kappa shape index (κ2) is 7.92. The van der Waals surface area contributed by atoms with Gasteiger partial charge in [0.15, 0.2) is 0 Å². The van der Waals surface area contributed by atoms with Gasteiger partial charge >= 0.3 is 0 Å². The van der Waals surface area contributed by atoms with Crippen molar-refractivity contribution in [1.82, 2.24) is 15.5 Å². The molecule has 1 aromatic heterocycles. The minimum absolute atomic E-state index is 0.0443. The molecule has 0 spiro atoms. The van der Waals surface area contributed by atoms with Crippen LogP contribution in [0.1, 0.15) is 29.4 Å². The molecule has 0 bridgehead atoms. The smallest absolute Gasteiger partial charge is 0.223 e. The highest BCUT2D eigenvalue weighted by Crippen LogP contribution is 2.15. The molecule has 0 unspecified atom stereocenters. The van der Waals surface area contributed by atoms with Crippen molar-refractivity contribution in [2.24, 2.45) is 5.92 Å². The summed E-state index contributed by atoms with van der Waals surface area (Å²) < 4.78 is 0. The molecular formula is C18H25N3O2. The molecule has 0 aliphatic rings. The zero-order chi connectivity index (χ0) is 16.8. The van der Waals surface area contributed by atoms with E-state index in [4.69, 9.17) is 0 Å². The Hall–Kier alpha value is -2.14. The largest absolute Gasteiger partial charge is 0.391 e. The lowest BCUT2D eigenvalue weighted by Gasteiger charge is -2.15. The molecule has 2 atom stereocenters. The van der Waals surface area contributed by atoms with Gasteiger partial charge in [-0.1, -0.05) is 37.3 Å². The van der Waals surface area contributed by atoms with Gasteiger partial charge in [-0.05, 0) is 31.4 Å². The van der Waals surface area contributed by atoms with Gasteiger partial charge in [0, 0.05) is 24.6 Å². The third kappa shape index (κ3) is 4.93. The molecule has 23 heavy (non-hydrogen) atoms. The highest BCUT2D eigenvalue weighted by Gasteiger charge is 2.18. The number of aliphatic hydroxyl groups excluding tert-OH is 1. The number of nitrogens with zero attached hydrogens (tertiary/aromatic N) is 1. The van der Waals surface area contributed by atoms with Crippen LogP contribution in [0.3, 0.4) is 0 Å². The van der Waals surface area contributed by atoms with E-state index in [0.717, 1.165) is 22.5 Å². The van der Waals surface area contributed by atoms with Gasteiger partial charge in [0.1, 0.15) is 0 Å². The molecule has 2 rings (SSSR count). The second-order valence-electron chi connectivity index (χ2n) is 6.11. The van der Waals surface area contributed by atoms with Crippen molar-refractivity contribution in [3.05, 3.63) is 52.8 Å². The van der Waals surface area contributed by atoms with Crippen LogP contribution in [0.4, 0.5) is 0 Å². The van der Waals surface area contributed by atoms with Crippen LogP contribution in [0.25, 0.3) is 0 Å². The first-order valence-electron chi connectivity index (χ1n) is 7.97. The minimum atomic E-state index is -0.578. The Bertz CT molecular complexity index is 617. The number of aliphatic hydroxyl groups is 1. The summed E-state index contributed by atoms with van der Waals surface area (Å²) in [5.41, 5.74) is 4.10. The lowest BCUT2D eigenvalue weighted by Crippen LogP contribution is -2.37. The first kappa shape index (κ1) is 17.2. The molecule has 0 fully saturated rings.